The van der Waals surface area contributed by atoms with Crippen molar-refractivity contribution < 1.29 is 4.79 Å². The van der Waals surface area contributed by atoms with E-state index in [2.05, 4.69) is 35.5 Å². The van der Waals surface area contributed by atoms with Gasteiger partial charge in [-0.15, -0.1) is 0 Å². The maximum absolute atomic E-state index is 12.0. The molecule has 2 saturated heterocycles. The van der Waals surface area contributed by atoms with Gasteiger partial charge >= 0.3 is 0 Å². The summed E-state index contributed by atoms with van der Waals surface area (Å²) in [5, 5.41) is 6.39. The Kier molecular flexibility index (Phi) is 6.05. The second kappa shape index (κ2) is 7.79. The topological polar surface area (TPSA) is 44.4 Å². The van der Waals surface area contributed by atoms with Crippen LogP contribution in [0.5, 0.6) is 0 Å². The van der Waals surface area contributed by atoms with Gasteiger partial charge in [0.15, 0.2) is 0 Å². The molecule has 114 valence electrons. The molecule has 2 unspecified atom stereocenters. The quantitative estimate of drug-likeness (QED) is 0.750. The molecule has 2 N–H and O–H groups in total. The number of likely N-dealkylation sites (tertiary alicyclic amines) is 1. The standard InChI is InChI=1S/C16H29N3O/c1-13(2)7-10-19-9-4-5-14(12-19)11-18-16(20)15-6-3-8-17-15/h7,14-15,17H,3-6,8-12H2,1-2H3,(H,18,20). The summed E-state index contributed by atoms with van der Waals surface area (Å²) in [6.07, 6.45) is 6.90. The van der Waals surface area contributed by atoms with Crippen LogP contribution in [0.1, 0.15) is 39.5 Å². The molecule has 4 heteroatoms. The number of nitrogens with zero attached hydrogens (tertiary/aromatic N) is 1. The van der Waals surface area contributed by atoms with Crippen LogP contribution >= 0.6 is 0 Å². The average Bonchev–Trinajstić information content (AvgIpc) is 2.97. The normalized spacial score (nSPS) is 27.3. The highest BCUT2D eigenvalue weighted by Crippen LogP contribution is 2.16. The highest BCUT2D eigenvalue weighted by Gasteiger charge is 2.24. The number of amides is 1. The molecule has 0 radical (unpaired) electrons. The van der Waals surface area contributed by atoms with Gasteiger partial charge in [0.2, 0.25) is 5.91 Å². The first-order valence-corrected chi connectivity index (χ1v) is 8.02. The molecule has 4 nitrogen and oxygen atoms in total. The van der Waals surface area contributed by atoms with E-state index in [9.17, 15) is 4.79 Å². The van der Waals surface area contributed by atoms with E-state index in [-0.39, 0.29) is 11.9 Å². The average molecular weight is 279 g/mol. The van der Waals surface area contributed by atoms with Crippen LogP contribution in [0, 0.1) is 5.92 Å². The van der Waals surface area contributed by atoms with Gasteiger partial charge in [-0.25, -0.2) is 0 Å². The molecule has 0 aromatic heterocycles. The molecule has 0 spiro atoms. The lowest BCUT2D eigenvalue weighted by Gasteiger charge is -2.32. The molecule has 0 bridgehead atoms. The van der Waals surface area contributed by atoms with E-state index < -0.39 is 0 Å². The summed E-state index contributed by atoms with van der Waals surface area (Å²) < 4.78 is 0. The van der Waals surface area contributed by atoms with E-state index in [1.807, 2.05) is 0 Å². The fourth-order valence-electron chi connectivity index (χ4n) is 3.07. The van der Waals surface area contributed by atoms with Crippen LogP contribution in [0.2, 0.25) is 0 Å². The second-order valence-corrected chi connectivity index (χ2v) is 6.44. The predicted octanol–water partition coefficient (Wildman–Crippen LogP) is 1.53. The lowest BCUT2D eigenvalue weighted by Crippen LogP contribution is -2.45. The second-order valence-electron chi connectivity index (χ2n) is 6.44. The lowest BCUT2D eigenvalue weighted by molar-refractivity contribution is -0.123. The molecule has 0 aromatic rings. The molecule has 0 saturated carbocycles. The molecule has 2 atom stereocenters. The zero-order valence-electron chi connectivity index (χ0n) is 13.0. The van der Waals surface area contributed by atoms with Crippen molar-refractivity contribution in [3.05, 3.63) is 11.6 Å². The minimum Gasteiger partial charge on any atom is -0.354 e. The smallest absolute Gasteiger partial charge is 0.237 e. The van der Waals surface area contributed by atoms with Crippen molar-refractivity contribution in [3.63, 3.8) is 0 Å². The zero-order valence-corrected chi connectivity index (χ0v) is 13.0. The molecule has 2 aliphatic heterocycles. The van der Waals surface area contributed by atoms with E-state index in [1.54, 1.807) is 0 Å². The summed E-state index contributed by atoms with van der Waals surface area (Å²) in [5.74, 6) is 0.809. The summed E-state index contributed by atoms with van der Waals surface area (Å²) in [6, 6.07) is 0.0559. The SMILES string of the molecule is CC(C)=CCN1CCCC(CNC(=O)C2CCCN2)C1. The van der Waals surface area contributed by atoms with Crippen molar-refractivity contribution in [3.8, 4) is 0 Å². The van der Waals surface area contributed by atoms with Crippen molar-refractivity contribution in [1.82, 2.24) is 15.5 Å². The molecule has 2 heterocycles. The predicted molar refractivity (Wildman–Crippen MR) is 82.6 cm³/mol. The lowest BCUT2D eigenvalue weighted by atomic mass is 9.97. The molecule has 1 amide bonds. The Morgan fingerprint density at radius 3 is 2.90 bits per heavy atom. The Bertz CT molecular complexity index is 344. The molecular weight excluding hydrogens is 250 g/mol. The van der Waals surface area contributed by atoms with E-state index in [0.29, 0.717) is 5.92 Å². The number of carbonyl (C=O) groups excluding carboxylic acids is 1. The third kappa shape index (κ3) is 4.91. The monoisotopic (exact) mass is 279 g/mol. The fourth-order valence-corrected chi connectivity index (χ4v) is 3.07. The Labute approximate surface area is 123 Å². The first kappa shape index (κ1) is 15.5. The molecular formula is C16H29N3O. The molecule has 2 rings (SSSR count). The molecule has 0 aliphatic carbocycles. The van der Waals surface area contributed by atoms with Crippen LogP contribution in [-0.2, 0) is 4.79 Å². The third-order valence-electron chi connectivity index (χ3n) is 4.30. The Morgan fingerprint density at radius 1 is 1.35 bits per heavy atom. The number of piperidine rings is 1. The van der Waals surface area contributed by atoms with Crippen molar-refractivity contribution in [2.45, 2.75) is 45.6 Å². The molecule has 2 fully saturated rings. The minimum atomic E-state index is 0.0559. The van der Waals surface area contributed by atoms with Gasteiger partial charge < -0.3 is 10.6 Å². The van der Waals surface area contributed by atoms with E-state index in [1.165, 1.54) is 25.0 Å². The van der Waals surface area contributed by atoms with Gasteiger partial charge in [0.1, 0.15) is 0 Å². The maximum atomic E-state index is 12.0. The van der Waals surface area contributed by atoms with Gasteiger partial charge in [-0.2, -0.15) is 0 Å². The number of rotatable bonds is 5. The number of hydrogen-bond donors (Lipinski definition) is 2. The van der Waals surface area contributed by atoms with Gasteiger partial charge in [0.25, 0.3) is 0 Å². The number of carbonyl (C=O) groups is 1. The van der Waals surface area contributed by atoms with Gasteiger partial charge in [0.05, 0.1) is 6.04 Å². The fraction of sp³-hybridized carbons (Fsp3) is 0.812. The van der Waals surface area contributed by atoms with Crippen molar-refractivity contribution in [1.29, 1.82) is 0 Å². The van der Waals surface area contributed by atoms with Crippen LogP contribution < -0.4 is 10.6 Å². The number of nitrogens with one attached hydrogen (secondary N) is 2. The van der Waals surface area contributed by atoms with Gasteiger partial charge in [-0.05, 0) is 58.5 Å². The Morgan fingerprint density at radius 2 is 2.20 bits per heavy atom. The summed E-state index contributed by atoms with van der Waals surface area (Å²) >= 11 is 0. The first-order valence-electron chi connectivity index (χ1n) is 8.02. The number of allylic oxidation sites excluding steroid dienone is 1. The summed E-state index contributed by atoms with van der Waals surface area (Å²) in [4.78, 5) is 14.5. The highest BCUT2D eigenvalue weighted by atomic mass is 16.2. The molecule has 20 heavy (non-hydrogen) atoms. The van der Waals surface area contributed by atoms with Crippen LogP contribution in [0.4, 0.5) is 0 Å². The summed E-state index contributed by atoms with van der Waals surface area (Å²) in [5.41, 5.74) is 1.38. The molecule has 2 aliphatic rings. The number of hydrogen-bond acceptors (Lipinski definition) is 3. The third-order valence-corrected chi connectivity index (χ3v) is 4.30. The van der Waals surface area contributed by atoms with E-state index in [4.69, 9.17) is 0 Å². The Hall–Kier alpha value is -0.870. The van der Waals surface area contributed by atoms with Crippen molar-refractivity contribution in [2.75, 3.05) is 32.7 Å². The maximum Gasteiger partial charge on any atom is 0.237 e. The van der Waals surface area contributed by atoms with E-state index >= 15 is 0 Å². The van der Waals surface area contributed by atoms with Crippen molar-refractivity contribution >= 4 is 5.91 Å². The summed E-state index contributed by atoms with van der Waals surface area (Å²) in [6.45, 7) is 9.48. The highest BCUT2D eigenvalue weighted by molar-refractivity contribution is 5.81. The van der Waals surface area contributed by atoms with Gasteiger partial charge in [-0.3, -0.25) is 9.69 Å². The van der Waals surface area contributed by atoms with Gasteiger partial charge in [-0.1, -0.05) is 11.6 Å². The largest absolute Gasteiger partial charge is 0.354 e. The van der Waals surface area contributed by atoms with Gasteiger partial charge in [0, 0.05) is 19.6 Å². The van der Waals surface area contributed by atoms with E-state index in [0.717, 1.165) is 39.0 Å². The van der Waals surface area contributed by atoms with Crippen LogP contribution in [0.3, 0.4) is 0 Å². The van der Waals surface area contributed by atoms with Crippen LogP contribution in [0.25, 0.3) is 0 Å². The first-order chi connectivity index (χ1) is 9.65. The van der Waals surface area contributed by atoms with Crippen LogP contribution in [0.15, 0.2) is 11.6 Å². The Balaban J connectivity index is 1.69. The van der Waals surface area contributed by atoms with Crippen molar-refractivity contribution in [2.24, 2.45) is 5.92 Å². The zero-order chi connectivity index (χ0) is 14.4. The minimum absolute atomic E-state index is 0.0559. The van der Waals surface area contributed by atoms with Crippen LogP contribution in [-0.4, -0.2) is 49.6 Å². The summed E-state index contributed by atoms with van der Waals surface area (Å²) in [7, 11) is 0. The molecule has 0 aromatic carbocycles.